The van der Waals surface area contributed by atoms with Crippen molar-refractivity contribution in [3.05, 3.63) is 0 Å². The average molecular weight is 639 g/mol. The van der Waals surface area contributed by atoms with Gasteiger partial charge in [0, 0.05) is 65.4 Å². The van der Waals surface area contributed by atoms with Crippen LogP contribution in [0.2, 0.25) is 0 Å². The van der Waals surface area contributed by atoms with Gasteiger partial charge >= 0.3 is 0 Å². The molecular formula is C30H62N4O10. The minimum absolute atomic E-state index is 0.632. The summed E-state index contributed by atoms with van der Waals surface area (Å²) in [6, 6.07) is 0. The first-order chi connectivity index (χ1) is 21.9. The van der Waals surface area contributed by atoms with Crippen LogP contribution in [0.4, 0.5) is 0 Å². The lowest BCUT2D eigenvalue weighted by molar-refractivity contribution is -0.0103. The number of rotatable bonds is 0. The average Bonchev–Trinajstić information content (AvgIpc) is 3.03. The van der Waals surface area contributed by atoms with E-state index in [-0.39, 0.29) is 0 Å². The molecule has 4 aliphatic rings. The van der Waals surface area contributed by atoms with Gasteiger partial charge in [-0.25, -0.2) is 0 Å². The van der Waals surface area contributed by atoms with Crippen LogP contribution in [0, 0.1) is 0 Å². The zero-order chi connectivity index (χ0) is 30.9. The minimum atomic E-state index is 0.632. The second-order valence-corrected chi connectivity index (χ2v) is 10.3. The van der Waals surface area contributed by atoms with Gasteiger partial charge in [0.05, 0.1) is 132 Å². The van der Waals surface area contributed by atoms with Crippen molar-refractivity contribution in [2.45, 2.75) is 0 Å². The Hall–Kier alpha value is -0.560. The first kappa shape index (κ1) is 39.6. The molecular weight excluding hydrogens is 576 g/mol. The monoisotopic (exact) mass is 638 g/mol. The van der Waals surface area contributed by atoms with E-state index in [1.54, 1.807) is 0 Å². The number of fused-ring (bicyclic) bond motifs is 21. The third kappa shape index (κ3) is 26.6. The Morgan fingerprint density at radius 1 is 0.227 bits per heavy atom. The van der Waals surface area contributed by atoms with E-state index < -0.39 is 0 Å². The Morgan fingerprint density at radius 3 is 0.614 bits per heavy atom. The largest absolute Gasteiger partial charge is 0.378 e. The molecule has 44 heavy (non-hydrogen) atoms. The standard InChI is InChI=1S/C18H36N2O6.C12H26N2O4/c1-7-21-13-14-24-10-4-20-5-11-25-17-15-22-8-2-19(1)3-9-23-16-18-26-12-6-20;1-5-15-9-10-17-7-3-14-4-8-18-12-11-16-6-2-13-1/h1-18H2;13-14H,1-12H2. The molecule has 2 N–H and O–H groups in total. The first-order valence-corrected chi connectivity index (χ1v) is 16.6. The zero-order valence-corrected chi connectivity index (χ0v) is 27.2. The Morgan fingerprint density at radius 2 is 0.409 bits per heavy atom. The normalized spacial score (nSPS) is 27.8. The van der Waals surface area contributed by atoms with Crippen molar-refractivity contribution in [2.24, 2.45) is 0 Å². The molecule has 4 heterocycles. The van der Waals surface area contributed by atoms with E-state index in [9.17, 15) is 0 Å². The lowest BCUT2D eigenvalue weighted by atomic mass is 10.4. The van der Waals surface area contributed by atoms with Gasteiger partial charge in [-0.3, -0.25) is 9.80 Å². The molecule has 4 rings (SSSR count). The molecule has 4 saturated heterocycles. The molecule has 0 radical (unpaired) electrons. The SMILES string of the molecule is C1COCCN2CCOCCOCCN(CCO1)CCOCCOCC2.C1COCCOCCNCCOCCOCCN1. The van der Waals surface area contributed by atoms with Gasteiger partial charge in [-0.2, -0.15) is 0 Å². The van der Waals surface area contributed by atoms with Gasteiger partial charge in [0.2, 0.25) is 0 Å². The van der Waals surface area contributed by atoms with Crippen molar-refractivity contribution in [3.63, 3.8) is 0 Å². The van der Waals surface area contributed by atoms with Crippen molar-refractivity contribution in [3.8, 4) is 0 Å². The quantitative estimate of drug-likeness (QED) is 0.336. The summed E-state index contributed by atoms with van der Waals surface area (Å²) < 4.78 is 55.8. The number of hydrogen-bond donors (Lipinski definition) is 2. The van der Waals surface area contributed by atoms with Crippen molar-refractivity contribution < 1.29 is 47.4 Å². The van der Waals surface area contributed by atoms with Crippen molar-refractivity contribution >= 4 is 0 Å². The fourth-order valence-electron chi connectivity index (χ4n) is 4.27. The molecule has 4 fully saturated rings. The topological polar surface area (TPSA) is 123 Å². The van der Waals surface area contributed by atoms with E-state index in [4.69, 9.17) is 47.4 Å². The van der Waals surface area contributed by atoms with Gasteiger partial charge in [-0.1, -0.05) is 0 Å². The summed E-state index contributed by atoms with van der Waals surface area (Å²) in [4.78, 5) is 4.62. The fraction of sp³-hybridized carbons (Fsp3) is 1.00. The van der Waals surface area contributed by atoms with Crippen LogP contribution in [0.15, 0.2) is 0 Å². The Labute approximate surface area is 265 Å². The van der Waals surface area contributed by atoms with Gasteiger partial charge < -0.3 is 58.0 Å². The molecule has 0 unspecified atom stereocenters. The lowest BCUT2D eigenvalue weighted by Gasteiger charge is -2.24. The van der Waals surface area contributed by atoms with Crippen LogP contribution >= 0.6 is 0 Å². The highest BCUT2D eigenvalue weighted by Gasteiger charge is 2.09. The zero-order valence-electron chi connectivity index (χ0n) is 27.2. The molecule has 2 bridgehead atoms. The van der Waals surface area contributed by atoms with E-state index in [0.717, 1.165) is 65.4 Å². The van der Waals surface area contributed by atoms with Gasteiger partial charge in [-0.15, -0.1) is 0 Å². The predicted molar refractivity (Wildman–Crippen MR) is 167 cm³/mol. The summed E-state index contributed by atoms with van der Waals surface area (Å²) in [6.07, 6.45) is 0. The summed E-state index contributed by atoms with van der Waals surface area (Å²) in [5, 5.41) is 6.50. The highest BCUT2D eigenvalue weighted by Crippen LogP contribution is 1.96. The molecule has 0 aromatic carbocycles. The maximum Gasteiger partial charge on any atom is 0.0701 e. The third-order valence-electron chi connectivity index (χ3n) is 6.86. The molecule has 14 nitrogen and oxygen atoms in total. The molecule has 0 aromatic heterocycles. The molecule has 262 valence electrons. The van der Waals surface area contributed by atoms with E-state index in [2.05, 4.69) is 20.4 Å². The molecule has 0 amide bonds. The van der Waals surface area contributed by atoms with Crippen molar-refractivity contribution in [2.75, 3.05) is 198 Å². The fourth-order valence-corrected chi connectivity index (χ4v) is 4.27. The van der Waals surface area contributed by atoms with Crippen LogP contribution in [0.25, 0.3) is 0 Å². The van der Waals surface area contributed by atoms with Gasteiger partial charge in [0.15, 0.2) is 0 Å². The van der Waals surface area contributed by atoms with Crippen LogP contribution in [0.3, 0.4) is 0 Å². The minimum Gasteiger partial charge on any atom is -0.378 e. The van der Waals surface area contributed by atoms with Crippen LogP contribution in [-0.2, 0) is 47.4 Å². The highest BCUT2D eigenvalue weighted by molar-refractivity contribution is 4.60. The third-order valence-corrected chi connectivity index (χ3v) is 6.86. The van der Waals surface area contributed by atoms with Crippen LogP contribution < -0.4 is 10.6 Å². The van der Waals surface area contributed by atoms with E-state index in [1.165, 1.54) is 0 Å². The molecule has 0 aliphatic carbocycles. The molecule has 0 aromatic rings. The maximum atomic E-state index is 5.70. The Kier molecular flexibility index (Phi) is 29.2. The van der Waals surface area contributed by atoms with Crippen molar-refractivity contribution in [1.29, 1.82) is 0 Å². The van der Waals surface area contributed by atoms with E-state index >= 15 is 0 Å². The molecule has 0 saturated carbocycles. The van der Waals surface area contributed by atoms with Crippen LogP contribution in [-0.4, -0.2) is 207 Å². The first-order valence-electron chi connectivity index (χ1n) is 16.6. The number of ether oxygens (including phenoxy) is 10. The van der Waals surface area contributed by atoms with E-state index in [0.29, 0.717) is 132 Å². The van der Waals surface area contributed by atoms with Crippen molar-refractivity contribution in [1.82, 2.24) is 20.4 Å². The summed E-state index contributed by atoms with van der Waals surface area (Å²) in [6.45, 7) is 22.0. The van der Waals surface area contributed by atoms with Crippen LogP contribution in [0.1, 0.15) is 0 Å². The molecule has 14 heteroatoms. The second kappa shape index (κ2) is 32.4. The number of hydrogen-bond acceptors (Lipinski definition) is 14. The lowest BCUT2D eigenvalue weighted by Crippen LogP contribution is -2.36. The summed E-state index contributed by atoms with van der Waals surface area (Å²) >= 11 is 0. The van der Waals surface area contributed by atoms with Gasteiger partial charge in [-0.05, 0) is 0 Å². The predicted octanol–water partition coefficient (Wildman–Crippen LogP) is -1.04. The van der Waals surface area contributed by atoms with Gasteiger partial charge in [0.1, 0.15) is 0 Å². The number of nitrogens with zero attached hydrogens (tertiary/aromatic N) is 2. The van der Waals surface area contributed by atoms with Crippen LogP contribution in [0.5, 0.6) is 0 Å². The van der Waals surface area contributed by atoms with E-state index in [1.807, 2.05) is 0 Å². The molecule has 0 spiro atoms. The Balaban J connectivity index is 0.000000329. The molecule has 0 atom stereocenters. The van der Waals surface area contributed by atoms with Gasteiger partial charge in [0.25, 0.3) is 0 Å². The Bertz CT molecular complexity index is 435. The highest BCUT2D eigenvalue weighted by atomic mass is 16.5. The maximum absolute atomic E-state index is 5.70. The smallest absolute Gasteiger partial charge is 0.0701 e. The summed E-state index contributed by atoms with van der Waals surface area (Å²) in [5.74, 6) is 0. The number of nitrogens with one attached hydrogen (secondary N) is 2. The summed E-state index contributed by atoms with van der Waals surface area (Å²) in [5.41, 5.74) is 0. The second-order valence-electron chi connectivity index (χ2n) is 10.3. The molecule has 4 aliphatic heterocycles. The summed E-state index contributed by atoms with van der Waals surface area (Å²) in [7, 11) is 0.